The Morgan fingerprint density at radius 3 is 2.44 bits per heavy atom. The van der Waals surface area contributed by atoms with Gasteiger partial charge in [0.1, 0.15) is 5.75 Å². The molecule has 3 nitrogen and oxygen atoms in total. The highest BCUT2D eigenvalue weighted by Gasteiger charge is 2.31. The molecule has 1 aromatic carbocycles. The Kier molecular flexibility index (Phi) is 3.69. The fourth-order valence-electron chi connectivity index (χ4n) is 0.955. The van der Waals surface area contributed by atoms with E-state index in [1.165, 1.54) is 0 Å². The minimum absolute atomic E-state index is 0.0780. The Morgan fingerprint density at radius 1 is 1.44 bits per heavy atom. The van der Waals surface area contributed by atoms with Gasteiger partial charge < -0.3 is 10.5 Å². The quantitative estimate of drug-likeness (QED) is 0.672. The summed E-state index contributed by atoms with van der Waals surface area (Å²) >= 11 is 8.09. The first kappa shape index (κ1) is 13.1. The lowest BCUT2D eigenvalue weighted by Gasteiger charge is -2.11. The summed E-state index contributed by atoms with van der Waals surface area (Å²) in [5, 5.41) is -0.939. The molecule has 2 N–H and O–H groups in total. The molecule has 16 heavy (non-hydrogen) atoms. The van der Waals surface area contributed by atoms with Crippen molar-refractivity contribution in [2.75, 3.05) is 5.73 Å². The summed E-state index contributed by atoms with van der Waals surface area (Å²) in [4.78, 5) is 10.9. The normalized spacial score (nSPS) is 11.3. The number of benzene rings is 1. The summed E-state index contributed by atoms with van der Waals surface area (Å²) in [6.07, 6.45) is -4.85. The lowest BCUT2D eigenvalue weighted by atomic mass is 10.2. The van der Waals surface area contributed by atoms with Crippen LogP contribution in [0.3, 0.4) is 0 Å². The van der Waals surface area contributed by atoms with Crippen molar-refractivity contribution in [2.45, 2.75) is 6.36 Å². The molecule has 0 amide bonds. The molecule has 0 bridgehead atoms. The number of alkyl halides is 3. The first-order valence-electron chi connectivity index (χ1n) is 3.75. The molecule has 0 aliphatic rings. The number of rotatable bonds is 2. The van der Waals surface area contributed by atoms with E-state index in [-0.39, 0.29) is 15.7 Å². The monoisotopic (exact) mass is 317 g/mol. The molecule has 88 valence electrons. The van der Waals surface area contributed by atoms with Crippen molar-refractivity contribution in [1.29, 1.82) is 0 Å². The van der Waals surface area contributed by atoms with Crippen LogP contribution >= 0.6 is 27.5 Å². The molecule has 0 saturated carbocycles. The van der Waals surface area contributed by atoms with Crippen molar-refractivity contribution in [2.24, 2.45) is 0 Å². The van der Waals surface area contributed by atoms with Gasteiger partial charge in [-0.3, -0.25) is 4.79 Å². The number of nitrogen functional groups attached to an aromatic ring is 1. The highest BCUT2D eigenvalue weighted by Crippen LogP contribution is 2.33. The lowest BCUT2D eigenvalue weighted by Crippen LogP contribution is -2.17. The Morgan fingerprint density at radius 2 is 2.00 bits per heavy atom. The van der Waals surface area contributed by atoms with Gasteiger partial charge in [0.05, 0.1) is 15.7 Å². The van der Waals surface area contributed by atoms with Gasteiger partial charge in [0.25, 0.3) is 5.24 Å². The molecule has 1 aromatic rings. The third kappa shape index (κ3) is 3.28. The average Bonchev–Trinajstić information content (AvgIpc) is 2.07. The third-order valence-electron chi connectivity index (χ3n) is 1.52. The van der Waals surface area contributed by atoms with E-state index in [1.54, 1.807) is 0 Å². The van der Waals surface area contributed by atoms with E-state index in [0.29, 0.717) is 0 Å². The van der Waals surface area contributed by atoms with E-state index in [1.807, 2.05) is 0 Å². The van der Waals surface area contributed by atoms with Crippen LogP contribution in [-0.4, -0.2) is 11.6 Å². The van der Waals surface area contributed by atoms with Crippen molar-refractivity contribution in [3.05, 3.63) is 22.2 Å². The van der Waals surface area contributed by atoms with Crippen molar-refractivity contribution < 1.29 is 22.7 Å². The lowest BCUT2D eigenvalue weighted by molar-refractivity contribution is -0.274. The summed E-state index contributed by atoms with van der Waals surface area (Å²) < 4.78 is 39.5. The van der Waals surface area contributed by atoms with Gasteiger partial charge in [-0.1, -0.05) is 0 Å². The minimum Gasteiger partial charge on any atom is -0.406 e. The second kappa shape index (κ2) is 4.50. The van der Waals surface area contributed by atoms with Gasteiger partial charge in [-0.25, -0.2) is 0 Å². The zero-order valence-corrected chi connectivity index (χ0v) is 9.78. The fourth-order valence-corrected chi connectivity index (χ4v) is 1.63. The molecular formula is C8H4BrClF3NO2. The van der Waals surface area contributed by atoms with E-state index in [0.717, 1.165) is 12.1 Å². The predicted octanol–water partition coefficient (Wildman–Crippen LogP) is 3.31. The topological polar surface area (TPSA) is 52.3 Å². The second-order valence-electron chi connectivity index (χ2n) is 2.70. The Labute approximate surface area is 101 Å². The fraction of sp³-hybridized carbons (Fsp3) is 0.125. The molecule has 0 heterocycles. The largest absolute Gasteiger partial charge is 0.573 e. The Balaban J connectivity index is 3.19. The smallest absolute Gasteiger partial charge is 0.406 e. The number of carbonyl (C=O) groups is 1. The highest BCUT2D eigenvalue weighted by atomic mass is 79.9. The summed E-state index contributed by atoms with van der Waals surface area (Å²) in [6, 6.07) is 1.78. The molecule has 0 unspecified atom stereocenters. The maximum Gasteiger partial charge on any atom is 0.573 e. The van der Waals surface area contributed by atoms with Crippen LogP contribution in [0.25, 0.3) is 0 Å². The molecular weight excluding hydrogens is 314 g/mol. The first-order valence-corrected chi connectivity index (χ1v) is 4.92. The summed E-state index contributed by atoms with van der Waals surface area (Å²) in [5.41, 5.74) is 5.10. The number of hydrogen-bond donors (Lipinski definition) is 1. The standard InChI is InChI=1S/C8H4BrClF3NO2/c9-6-4(7(10)15)1-3(2-5(6)14)16-8(11,12)13/h1-2H,14H2. The van der Waals surface area contributed by atoms with Crippen LogP contribution in [0.5, 0.6) is 5.75 Å². The third-order valence-corrected chi connectivity index (χ3v) is 2.61. The van der Waals surface area contributed by atoms with E-state index < -0.39 is 17.4 Å². The molecule has 0 fully saturated rings. The molecule has 8 heteroatoms. The number of ether oxygens (including phenoxy) is 1. The molecule has 1 rings (SSSR count). The van der Waals surface area contributed by atoms with Gasteiger partial charge in [0, 0.05) is 6.07 Å². The zero-order chi connectivity index (χ0) is 12.5. The van der Waals surface area contributed by atoms with Crippen LogP contribution in [0.2, 0.25) is 0 Å². The van der Waals surface area contributed by atoms with Gasteiger partial charge in [-0.2, -0.15) is 0 Å². The summed E-state index contributed by atoms with van der Waals surface area (Å²) in [6.45, 7) is 0. The SMILES string of the molecule is Nc1cc(OC(F)(F)F)cc(C(=O)Cl)c1Br. The van der Waals surface area contributed by atoms with Crippen LogP contribution in [0.4, 0.5) is 18.9 Å². The minimum atomic E-state index is -4.85. The van der Waals surface area contributed by atoms with Crippen LogP contribution < -0.4 is 10.5 Å². The average molecular weight is 318 g/mol. The number of halogens is 5. The maximum absolute atomic E-state index is 11.9. The van der Waals surface area contributed by atoms with E-state index in [2.05, 4.69) is 20.7 Å². The van der Waals surface area contributed by atoms with Crippen molar-refractivity contribution in [3.8, 4) is 5.75 Å². The van der Waals surface area contributed by atoms with Crippen LogP contribution in [-0.2, 0) is 0 Å². The van der Waals surface area contributed by atoms with Crippen molar-refractivity contribution in [1.82, 2.24) is 0 Å². The summed E-state index contributed by atoms with van der Waals surface area (Å²) in [7, 11) is 0. The molecule has 0 atom stereocenters. The Bertz CT molecular complexity index is 436. The molecule has 0 aliphatic heterocycles. The molecule has 0 aliphatic carbocycles. The first-order chi connectivity index (χ1) is 7.20. The molecule has 0 saturated heterocycles. The van der Waals surface area contributed by atoms with Crippen LogP contribution in [0, 0.1) is 0 Å². The number of carbonyl (C=O) groups excluding carboxylic acids is 1. The van der Waals surface area contributed by atoms with Gasteiger partial charge in [-0.05, 0) is 33.6 Å². The maximum atomic E-state index is 11.9. The van der Waals surface area contributed by atoms with Gasteiger partial charge >= 0.3 is 6.36 Å². The van der Waals surface area contributed by atoms with Gasteiger partial charge in [0.15, 0.2) is 0 Å². The van der Waals surface area contributed by atoms with Crippen LogP contribution in [0.15, 0.2) is 16.6 Å². The second-order valence-corrected chi connectivity index (χ2v) is 3.83. The zero-order valence-electron chi connectivity index (χ0n) is 7.44. The molecule has 0 radical (unpaired) electrons. The number of hydrogen-bond acceptors (Lipinski definition) is 3. The summed E-state index contributed by atoms with van der Waals surface area (Å²) in [5.74, 6) is -0.600. The van der Waals surface area contributed by atoms with E-state index >= 15 is 0 Å². The van der Waals surface area contributed by atoms with Gasteiger partial charge in [-0.15, -0.1) is 13.2 Å². The van der Waals surface area contributed by atoms with Gasteiger partial charge in [0.2, 0.25) is 0 Å². The molecule has 0 aromatic heterocycles. The highest BCUT2D eigenvalue weighted by molar-refractivity contribution is 9.10. The predicted molar refractivity (Wildman–Crippen MR) is 55.4 cm³/mol. The van der Waals surface area contributed by atoms with Crippen molar-refractivity contribution in [3.63, 3.8) is 0 Å². The number of anilines is 1. The van der Waals surface area contributed by atoms with Crippen molar-refractivity contribution >= 4 is 38.5 Å². The molecule has 0 spiro atoms. The van der Waals surface area contributed by atoms with E-state index in [9.17, 15) is 18.0 Å². The van der Waals surface area contributed by atoms with Crippen LogP contribution in [0.1, 0.15) is 10.4 Å². The number of nitrogens with two attached hydrogens (primary N) is 1. The van der Waals surface area contributed by atoms with E-state index in [4.69, 9.17) is 17.3 Å². The Hall–Kier alpha value is -0.950.